The van der Waals surface area contributed by atoms with Crippen LogP contribution in [0.1, 0.15) is 12.0 Å². The first-order chi connectivity index (χ1) is 7.72. The summed E-state index contributed by atoms with van der Waals surface area (Å²) in [6, 6.07) is 7.57. The van der Waals surface area contributed by atoms with E-state index in [-0.39, 0.29) is 0 Å². The minimum Gasteiger partial charge on any atom is -0.303 e. The van der Waals surface area contributed by atoms with Crippen molar-refractivity contribution in [3.05, 3.63) is 23.8 Å². The van der Waals surface area contributed by atoms with Gasteiger partial charge in [-0.2, -0.15) is 5.26 Å². The third kappa shape index (κ3) is 2.05. The average Bonchev–Trinajstić information content (AvgIpc) is 2.36. The van der Waals surface area contributed by atoms with Gasteiger partial charge in [-0.1, -0.05) is 0 Å². The molecule has 0 aromatic heterocycles. The van der Waals surface area contributed by atoms with Crippen molar-refractivity contribution >= 4 is 23.4 Å². The molecule has 0 saturated heterocycles. The number of amides is 1. The van der Waals surface area contributed by atoms with Crippen molar-refractivity contribution in [2.75, 3.05) is 17.7 Å². The molecule has 1 aliphatic rings. The minimum absolute atomic E-state index is 0.525. The highest BCUT2D eigenvalue weighted by atomic mass is 32.2. The van der Waals surface area contributed by atoms with Crippen molar-refractivity contribution < 1.29 is 4.79 Å². The second kappa shape index (κ2) is 4.58. The predicted octanol–water partition coefficient (Wildman–Crippen LogP) is 2.21. The third-order valence-electron chi connectivity index (χ3n) is 2.68. The fourth-order valence-electron chi connectivity index (χ4n) is 1.75. The lowest BCUT2D eigenvalue weighted by Gasteiger charge is -2.19. The van der Waals surface area contributed by atoms with E-state index in [0.29, 0.717) is 0 Å². The molecule has 82 valence electrons. The summed E-state index contributed by atoms with van der Waals surface area (Å²) in [4.78, 5) is 13.9. The van der Waals surface area contributed by atoms with Crippen LogP contribution in [-0.2, 0) is 11.2 Å². The predicted molar refractivity (Wildman–Crippen MR) is 64.5 cm³/mol. The molecule has 16 heavy (non-hydrogen) atoms. The van der Waals surface area contributed by atoms with Crippen molar-refractivity contribution in [2.45, 2.75) is 17.7 Å². The SMILES string of the molecule is CN(C(=O)C#N)c1ccc2c(c1)CCCS2. The lowest BCUT2D eigenvalue weighted by Crippen LogP contribution is -2.24. The smallest absolute Gasteiger partial charge is 0.303 e. The number of nitrogens with zero attached hydrogens (tertiary/aromatic N) is 2. The molecule has 0 N–H and O–H groups in total. The van der Waals surface area contributed by atoms with Crippen molar-refractivity contribution in [1.29, 1.82) is 5.26 Å². The molecule has 0 spiro atoms. The summed E-state index contributed by atoms with van der Waals surface area (Å²) in [6.45, 7) is 0. The van der Waals surface area contributed by atoms with Crippen LogP contribution in [0.3, 0.4) is 0 Å². The van der Waals surface area contributed by atoms with Crippen LogP contribution in [0, 0.1) is 11.3 Å². The van der Waals surface area contributed by atoms with Crippen molar-refractivity contribution in [3.8, 4) is 6.07 Å². The third-order valence-corrected chi connectivity index (χ3v) is 3.88. The molecule has 1 aliphatic heterocycles. The zero-order valence-electron chi connectivity index (χ0n) is 9.06. The van der Waals surface area contributed by atoms with Gasteiger partial charge in [0.05, 0.1) is 0 Å². The molecule has 4 heteroatoms. The Morgan fingerprint density at radius 3 is 3.12 bits per heavy atom. The molecule has 0 aliphatic carbocycles. The summed E-state index contributed by atoms with van der Waals surface area (Å²) in [6.07, 6.45) is 2.24. The molecule has 0 radical (unpaired) electrons. The molecular formula is C12H12N2OS. The van der Waals surface area contributed by atoms with E-state index in [0.717, 1.165) is 12.1 Å². The Labute approximate surface area is 99.1 Å². The molecule has 3 nitrogen and oxygen atoms in total. The van der Waals surface area contributed by atoms with Crippen molar-refractivity contribution in [1.82, 2.24) is 0 Å². The summed E-state index contributed by atoms with van der Waals surface area (Å²) in [5.41, 5.74) is 2.08. The second-order valence-electron chi connectivity index (χ2n) is 3.72. The van der Waals surface area contributed by atoms with Crippen LogP contribution in [0.5, 0.6) is 0 Å². The van der Waals surface area contributed by atoms with Gasteiger partial charge in [0.1, 0.15) is 0 Å². The Morgan fingerprint density at radius 1 is 1.56 bits per heavy atom. The summed E-state index contributed by atoms with van der Waals surface area (Å²) >= 11 is 1.85. The molecular weight excluding hydrogens is 220 g/mol. The maximum atomic E-state index is 11.2. The lowest BCUT2D eigenvalue weighted by atomic mass is 10.1. The molecule has 0 unspecified atom stereocenters. The van der Waals surface area contributed by atoms with Crippen molar-refractivity contribution in [2.24, 2.45) is 0 Å². The zero-order valence-corrected chi connectivity index (χ0v) is 9.88. The van der Waals surface area contributed by atoms with E-state index in [1.54, 1.807) is 13.1 Å². The van der Waals surface area contributed by atoms with Crippen LogP contribution in [0.2, 0.25) is 0 Å². The van der Waals surface area contributed by atoms with E-state index in [9.17, 15) is 4.79 Å². The number of carbonyl (C=O) groups is 1. The molecule has 0 saturated carbocycles. The highest BCUT2D eigenvalue weighted by molar-refractivity contribution is 7.99. The number of benzene rings is 1. The summed E-state index contributed by atoms with van der Waals surface area (Å²) in [5, 5.41) is 8.56. The van der Waals surface area contributed by atoms with Gasteiger partial charge in [-0.3, -0.25) is 4.79 Å². The Bertz CT molecular complexity index is 465. The van der Waals surface area contributed by atoms with Crippen LogP contribution in [-0.4, -0.2) is 18.7 Å². The Morgan fingerprint density at radius 2 is 2.38 bits per heavy atom. The van der Waals surface area contributed by atoms with Gasteiger partial charge in [0.15, 0.2) is 6.07 Å². The summed E-state index contributed by atoms with van der Waals surface area (Å²) < 4.78 is 0. The van der Waals surface area contributed by atoms with Gasteiger partial charge in [-0.15, -0.1) is 11.8 Å². The van der Waals surface area contributed by atoms with E-state index >= 15 is 0 Å². The number of hydrogen-bond acceptors (Lipinski definition) is 3. The first-order valence-corrected chi connectivity index (χ1v) is 6.14. The van der Waals surface area contributed by atoms with Gasteiger partial charge in [0.2, 0.25) is 0 Å². The molecule has 0 bridgehead atoms. The van der Waals surface area contributed by atoms with E-state index in [4.69, 9.17) is 5.26 Å². The summed E-state index contributed by atoms with van der Waals surface area (Å²) in [7, 11) is 1.63. The number of rotatable bonds is 1. The van der Waals surface area contributed by atoms with Gasteiger partial charge >= 0.3 is 5.91 Å². The van der Waals surface area contributed by atoms with Crippen molar-refractivity contribution in [3.63, 3.8) is 0 Å². The van der Waals surface area contributed by atoms with Gasteiger partial charge in [-0.05, 0) is 42.4 Å². The maximum Gasteiger partial charge on any atom is 0.329 e. The van der Waals surface area contributed by atoms with Gasteiger partial charge in [0.25, 0.3) is 0 Å². The summed E-state index contributed by atoms with van der Waals surface area (Å²) in [5.74, 6) is 0.641. The van der Waals surface area contributed by atoms with E-state index in [2.05, 4.69) is 0 Å². The normalized spacial score (nSPS) is 13.8. The first-order valence-electron chi connectivity index (χ1n) is 5.16. The van der Waals surface area contributed by atoms with E-state index < -0.39 is 5.91 Å². The standard InChI is InChI=1S/C12H12N2OS/c1-14(12(15)8-13)10-4-5-11-9(7-10)3-2-6-16-11/h4-5,7H,2-3,6H2,1H3. The number of fused-ring (bicyclic) bond motifs is 1. The lowest BCUT2D eigenvalue weighted by molar-refractivity contribution is -0.113. The monoisotopic (exact) mass is 232 g/mol. The molecule has 0 atom stereocenters. The number of thioether (sulfide) groups is 1. The topological polar surface area (TPSA) is 44.1 Å². The Hall–Kier alpha value is -1.47. The molecule has 2 rings (SSSR count). The number of anilines is 1. The molecule has 0 fully saturated rings. The van der Waals surface area contributed by atoms with E-state index in [1.165, 1.54) is 27.5 Å². The Kier molecular flexibility index (Phi) is 3.16. The molecule has 1 heterocycles. The van der Waals surface area contributed by atoms with Gasteiger partial charge in [0, 0.05) is 17.6 Å². The minimum atomic E-state index is -0.525. The van der Waals surface area contributed by atoms with Gasteiger partial charge in [-0.25, -0.2) is 0 Å². The molecule has 1 aromatic carbocycles. The van der Waals surface area contributed by atoms with Crippen LogP contribution >= 0.6 is 11.8 Å². The highest BCUT2D eigenvalue weighted by Gasteiger charge is 2.14. The largest absolute Gasteiger partial charge is 0.329 e. The second-order valence-corrected chi connectivity index (χ2v) is 4.86. The van der Waals surface area contributed by atoms with Gasteiger partial charge < -0.3 is 4.90 Å². The zero-order chi connectivity index (χ0) is 11.5. The first kappa shape index (κ1) is 11.0. The van der Waals surface area contributed by atoms with Crippen LogP contribution in [0.4, 0.5) is 5.69 Å². The number of hydrogen-bond donors (Lipinski definition) is 0. The quantitative estimate of drug-likeness (QED) is 0.697. The fraction of sp³-hybridized carbons (Fsp3) is 0.333. The highest BCUT2D eigenvalue weighted by Crippen LogP contribution is 2.32. The van der Waals surface area contributed by atoms with Crippen LogP contribution < -0.4 is 4.90 Å². The molecule has 1 aromatic rings. The fourth-order valence-corrected chi connectivity index (χ4v) is 2.77. The number of carbonyl (C=O) groups excluding carboxylic acids is 1. The maximum absolute atomic E-state index is 11.2. The number of aryl methyl sites for hydroxylation is 1. The number of nitriles is 1. The molecule has 1 amide bonds. The average molecular weight is 232 g/mol. The Balaban J connectivity index is 2.30. The van der Waals surface area contributed by atoms with Crippen LogP contribution in [0.25, 0.3) is 0 Å². The van der Waals surface area contributed by atoms with Crippen LogP contribution in [0.15, 0.2) is 23.1 Å². The van der Waals surface area contributed by atoms with E-state index in [1.807, 2.05) is 30.0 Å².